The number of benzene rings is 2. The number of nitrogens with one attached hydrogen (secondary N) is 2. The summed E-state index contributed by atoms with van der Waals surface area (Å²) in [5.74, 6) is -0.812. The highest BCUT2D eigenvalue weighted by molar-refractivity contribution is 6.00. The molecule has 0 bridgehead atoms. The van der Waals surface area contributed by atoms with E-state index < -0.39 is 23.8 Å². The number of alkyl carbamates (subject to hydrolysis) is 1. The van der Waals surface area contributed by atoms with Crippen LogP contribution in [-0.4, -0.2) is 41.0 Å². The van der Waals surface area contributed by atoms with Crippen molar-refractivity contribution >= 4 is 23.6 Å². The van der Waals surface area contributed by atoms with Crippen molar-refractivity contribution in [1.29, 1.82) is 0 Å². The summed E-state index contributed by atoms with van der Waals surface area (Å²) in [7, 11) is 0. The highest BCUT2D eigenvalue weighted by atomic mass is 16.6. The van der Waals surface area contributed by atoms with Crippen LogP contribution in [0.3, 0.4) is 0 Å². The van der Waals surface area contributed by atoms with Gasteiger partial charge in [0.05, 0.1) is 0 Å². The van der Waals surface area contributed by atoms with Crippen LogP contribution < -0.4 is 10.6 Å². The number of carbonyl (C=O) groups is 3. The molecule has 0 radical (unpaired) electrons. The Morgan fingerprint density at radius 1 is 0.875 bits per heavy atom. The van der Waals surface area contributed by atoms with Crippen molar-refractivity contribution in [2.45, 2.75) is 105 Å². The smallest absolute Gasteiger partial charge is 0.408 e. The molecule has 0 spiro atoms. The molecule has 2 unspecified atom stereocenters. The number of rotatable bonds is 13. The highest BCUT2D eigenvalue weighted by Crippen LogP contribution is 2.28. The Morgan fingerprint density at radius 3 is 2.02 bits per heavy atom. The molecule has 0 aliphatic carbocycles. The molecule has 0 saturated heterocycles. The average Bonchev–Trinajstić information content (AvgIpc) is 2.87. The number of hydrogen-bond acceptors (Lipinski definition) is 4. The number of nitrogens with zero attached hydrogens (tertiary/aromatic N) is 1. The second-order valence-electron chi connectivity index (χ2n) is 11.9. The summed E-state index contributed by atoms with van der Waals surface area (Å²) in [6.07, 6.45) is 4.35. The fraction of sp³-hybridized carbons (Fsp3) is 0.545. The first-order valence-electron chi connectivity index (χ1n) is 14.6. The van der Waals surface area contributed by atoms with Crippen LogP contribution in [-0.2, 0) is 14.3 Å². The van der Waals surface area contributed by atoms with Crippen LogP contribution in [0.2, 0.25) is 0 Å². The standard InChI is InChI=1S/C33H49N3O4/c1-9-10-11-12-16-22-36(31(38)27(23(2)3)35-32(39)40-33(6,7)8)29(26-20-14-13-15-21-26)30(37)34-28-24(4)18-17-19-25(28)5/h13-15,17-21,23,27,29H,9-12,16,22H2,1-8H3,(H,34,37)(H,35,39). The second kappa shape index (κ2) is 15.4. The van der Waals surface area contributed by atoms with Gasteiger partial charge < -0.3 is 20.3 Å². The molecule has 0 aliphatic heterocycles. The molecule has 2 N–H and O–H groups in total. The maximum atomic E-state index is 14.3. The molecule has 0 heterocycles. The molecule has 0 aromatic heterocycles. The Labute approximate surface area is 241 Å². The maximum Gasteiger partial charge on any atom is 0.408 e. The van der Waals surface area contributed by atoms with Crippen LogP contribution in [0, 0.1) is 19.8 Å². The van der Waals surface area contributed by atoms with Crippen LogP contribution in [0.25, 0.3) is 0 Å². The number of aryl methyl sites for hydroxylation is 2. The molecule has 2 aromatic rings. The van der Waals surface area contributed by atoms with Gasteiger partial charge >= 0.3 is 6.09 Å². The van der Waals surface area contributed by atoms with Crippen LogP contribution in [0.4, 0.5) is 10.5 Å². The first kappa shape index (κ1) is 32.9. The van der Waals surface area contributed by atoms with Crippen LogP contribution >= 0.6 is 0 Å². The van der Waals surface area contributed by atoms with E-state index in [1.54, 1.807) is 25.7 Å². The largest absolute Gasteiger partial charge is 0.444 e. The molecule has 40 heavy (non-hydrogen) atoms. The summed E-state index contributed by atoms with van der Waals surface area (Å²) in [6, 6.07) is 13.5. The van der Waals surface area contributed by atoms with Gasteiger partial charge in [-0.1, -0.05) is 95.0 Å². The summed E-state index contributed by atoms with van der Waals surface area (Å²) in [5, 5.41) is 5.91. The number of carbonyl (C=O) groups excluding carboxylic acids is 3. The molecule has 2 atom stereocenters. The third-order valence-electron chi connectivity index (χ3n) is 6.80. The van der Waals surface area contributed by atoms with Crippen molar-refractivity contribution in [2.24, 2.45) is 5.92 Å². The minimum absolute atomic E-state index is 0.222. The van der Waals surface area contributed by atoms with Gasteiger partial charge in [0.15, 0.2) is 0 Å². The van der Waals surface area contributed by atoms with Crippen molar-refractivity contribution in [3.05, 3.63) is 65.2 Å². The topological polar surface area (TPSA) is 87.7 Å². The predicted octanol–water partition coefficient (Wildman–Crippen LogP) is 7.33. The van der Waals surface area contributed by atoms with Gasteiger partial charge in [-0.05, 0) is 63.6 Å². The number of amides is 3. The van der Waals surface area contributed by atoms with Crippen LogP contribution in [0.1, 0.15) is 96.4 Å². The van der Waals surface area contributed by atoms with Crippen molar-refractivity contribution in [1.82, 2.24) is 10.2 Å². The number of hydrogen-bond donors (Lipinski definition) is 2. The molecule has 220 valence electrons. The number of ether oxygens (including phenoxy) is 1. The summed E-state index contributed by atoms with van der Waals surface area (Å²) in [5.41, 5.74) is 2.66. The molecule has 0 fully saturated rings. The fourth-order valence-corrected chi connectivity index (χ4v) is 4.69. The Morgan fingerprint density at radius 2 is 1.48 bits per heavy atom. The van der Waals surface area contributed by atoms with Gasteiger partial charge in [0.1, 0.15) is 17.7 Å². The van der Waals surface area contributed by atoms with Crippen LogP contribution in [0.15, 0.2) is 48.5 Å². The predicted molar refractivity (Wildman–Crippen MR) is 162 cm³/mol. The molecule has 0 aliphatic rings. The van der Waals surface area contributed by atoms with Gasteiger partial charge in [-0.15, -0.1) is 0 Å². The number of anilines is 1. The van der Waals surface area contributed by atoms with Gasteiger partial charge in [-0.3, -0.25) is 9.59 Å². The lowest BCUT2D eigenvalue weighted by molar-refractivity contribution is -0.141. The molecule has 0 saturated carbocycles. The summed E-state index contributed by atoms with van der Waals surface area (Å²) in [4.78, 5) is 42.8. The van der Waals surface area contributed by atoms with E-state index in [4.69, 9.17) is 4.74 Å². The lowest BCUT2D eigenvalue weighted by Crippen LogP contribution is -2.54. The van der Waals surface area contributed by atoms with Crippen molar-refractivity contribution in [3.63, 3.8) is 0 Å². The average molecular weight is 552 g/mol. The minimum Gasteiger partial charge on any atom is -0.444 e. The number of para-hydroxylation sites is 1. The van der Waals surface area contributed by atoms with Gasteiger partial charge in [-0.2, -0.15) is 0 Å². The molecule has 2 rings (SSSR count). The summed E-state index contributed by atoms with van der Waals surface area (Å²) in [6.45, 7) is 15.6. The molecular weight excluding hydrogens is 502 g/mol. The monoisotopic (exact) mass is 551 g/mol. The Bertz CT molecular complexity index is 1090. The van der Waals surface area contributed by atoms with E-state index >= 15 is 0 Å². The molecule has 7 heteroatoms. The first-order valence-corrected chi connectivity index (χ1v) is 14.6. The van der Waals surface area contributed by atoms with Crippen molar-refractivity contribution < 1.29 is 19.1 Å². The second-order valence-corrected chi connectivity index (χ2v) is 11.9. The SMILES string of the molecule is CCCCCCCN(C(=O)C(NC(=O)OC(C)(C)C)C(C)C)C(C(=O)Nc1c(C)cccc1C)c1ccccc1. The van der Waals surface area contributed by atoms with E-state index in [2.05, 4.69) is 17.6 Å². The maximum absolute atomic E-state index is 14.3. The molecule has 2 aromatic carbocycles. The lowest BCUT2D eigenvalue weighted by Gasteiger charge is -2.36. The molecule has 7 nitrogen and oxygen atoms in total. The van der Waals surface area contributed by atoms with E-state index in [-0.39, 0.29) is 17.7 Å². The molecule has 3 amide bonds. The normalized spacial score (nSPS) is 12.9. The fourth-order valence-electron chi connectivity index (χ4n) is 4.69. The van der Waals surface area contributed by atoms with E-state index in [1.165, 1.54) is 0 Å². The Hall–Kier alpha value is -3.35. The summed E-state index contributed by atoms with van der Waals surface area (Å²) < 4.78 is 5.47. The van der Waals surface area contributed by atoms with Crippen LogP contribution in [0.5, 0.6) is 0 Å². The Balaban J connectivity index is 2.51. The highest BCUT2D eigenvalue weighted by Gasteiger charge is 2.37. The van der Waals surface area contributed by atoms with E-state index in [1.807, 2.05) is 76.2 Å². The quantitative estimate of drug-likeness (QED) is 0.255. The van der Waals surface area contributed by atoms with E-state index in [9.17, 15) is 14.4 Å². The van der Waals surface area contributed by atoms with E-state index in [0.717, 1.165) is 48.9 Å². The van der Waals surface area contributed by atoms with Gasteiger partial charge in [-0.25, -0.2) is 4.79 Å². The zero-order valence-corrected chi connectivity index (χ0v) is 25.7. The third kappa shape index (κ3) is 10.00. The zero-order chi connectivity index (χ0) is 29.9. The lowest BCUT2D eigenvalue weighted by atomic mass is 9.98. The first-order chi connectivity index (χ1) is 18.9. The summed E-state index contributed by atoms with van der Waals surface area (Å²) >= 11 is 0. The van der Waals surface area contributed by atoms with Crippen molar-refractivity contribution in [2.75, 3.05) is 11.9 Å². The third-order valence-corrected chi connectivity index (χ3v) is 6.80. The Kier molecular flexibility index (Phi) is 12.7. The van der Waals surface area contributed by atoms with E-state index in [0.29, 0.717) is 12.1 Å². The minimum atomic E-state index is -0.874. The molecular formula is C33H49N3O4. The van der Waals surface area contributed by atoms with Gasteiger partial charge in [0, 0.05) is 12.2 Å². The number of unbranched alkanes of at least 4 members (excludes halogenated alkanes) is 4. The van der Waals surface area contributed by atoms with Gasteiger partial charge in [0.25, 0.3) is 5.91 Å². The zero-order valence-electron chi connectivity index (χ0n) is 25.7. The van der Waals surface area contributed by atoms with Crippen molar-refractivity contribution in [3.8, 4) is 0 Å². The van der Waals surface area contributed by atoms with Gasteiger partial charge in [0.2, 0.25) is 5.91 Å².